The van der Waals surface area contributed by atoms with Gasteiger partial charge in [0.05, 0.1) is 0 Å². The van der Waals surface area contributed by atoms with Gasteiger partial charge >= 0.3 is 0 Å². The molecule has 4 nitrogen and oxygen atoms in total. The number of benzene rings is 1. The molecule has 0 amide bonds. The van der Waals surface area contributed by atoms with E-state index >= 15 is 0 Å². The topological polar surface area (TPSA) is 38.1 Å². The van der Waals surface area contributed by atoms with Gasteiger partial charge in [-0.15, -0.1) is 0 Å². The lowest BCUT2D eigenvalue weighted by atomic mass is 9.85. The minimum atomic E-state index is 0.181. The van der Waals surface area contributed by atoms with E-state index in [1.54, 1.807) is 0 Å². The Hall–Kier alpha value is -2.46. The van der Waals surface area contributed by atoms with Gasteiger partial charge in [-0.3, -0.25) is 14.3 Å². The Balaban J connectivity index is 1.54. The van der Waals surface area contributed by atoms with E-state index in [0.717, 1.165) is 43.8 Å². The van der Waals surface area contributed by atoms with Crippen molar-refractivity contribution >= 4 is 11.0 Å². The van der Waals surface area contributed by atoms with Crippen LogP contribution < -0.4 is 5.56 Å². The summed E-state index contributed by atoms with van der Waals surface area (Å²) in [5.74, 6) is 0.634. The molecule has 1 aromatic carbocycles. The van der Waals surface area contributed by atoms with Crippen LogP contribution in [0.2, 0.25) is 0 Å². The fourth-order valence-corrected chi connectivity index (χ4v) is 4.50. The van der Waals surface area contributed by atoms with Gasteiger partial charge < -0.3 is 0 Å². The number of pyridine rings is 2. The maximum absolute atomic E-state index is 13.4. The maximum Gasteiger partial charge on any atom is 0.257 e. The number of rotatable bonds is 4. The van der Waals surface area contributed by atoms with Crippen molar-refractivity contribution in [1.82, 2.24) is 14.5 Å². The number of hydrogen-bond donors (Lipinski definition) is 0. The van der Waals surface area contributed by atoms with E-state index in [0.29, 0.717) is 5.92 Å². The fourth-order valence-electron chi connectivity index (χ4n) is 4.50. The molecule has 0 saturated heterocycles. The van der Waals surface area contributed by atoms with Gasteiger partial charge in [0, 0.05) is 43.3 Å². The lowest BCUT2D eigenvalue weighted by molar-refractivity contribution is 0.241. The second-order valence-corrected chi connectivity index (χ2v) is 7.99. The molecular weight excluding hydrogens is 334 g/mol. The second kappa shape index (κ2) is 6.93. The second-order valence-electron chi connectivity index (χ2n) is 7.99. The average Bonchev–Trinajstić information content (AvgIpc) is 2.67. The summed E-state index contributed by atoms with van der Waals surface area (Å²) in [6, 6.07) is 14.7. The monoisotopic (exact) mass is 359 g/mol. The van der Waals surface area contributed by atoms with Crippen molar-refractivity contribution in [1.29, 1.82) is 0 Å². The van der Waals surface area contributed by atoms with Crippen LogP contribution >= 0.6 is 0 Å². The molecule has 0 spiro atoms. The zero-order valence-corrected chi connectivity index (χ0v) is 15.6. The Kier molecular flexibility index (Phi) is 4.29. The van der Waals surface area contributed by atoms with Crippen molar-refractivity contribution in [2.45, 2.75) is 45.3 Å². The fraction of sp³-hybridized carbons (Fsp3) is 0.391. The molecule has 1 saturated carbocycles. The molecule has 4 heteroatoms. The van der Waals surface area contributed by atoms with Crippen LogP contribution in [0.4, 0.5) is 0 Å². The molecule has 1 aliphatic heterocycles. The normalized spacial score (nSPS) is 17.6. The molecule has 3 heterocycles. The minimum absolute atomic E-state index is 0.181. The third-order valence-electron chi connectivity index (χ3n) is 6.21. The van der Waals surface area contributed by atoms with E-state index in [-0.39, 0.29) is 5.56 Å². The summed E-state index contributed by atoms with van der Waals surface area (Å²) in [6.45, 7) is 3.43. The van der Waals surface area contributed by atoms with Crippen molar-refractivity contribution in [2.24, 2.45) is 5.92 Å². The highest BCUT2D eigenvalue weighted by Crippen LogP contribution is 2.30. The van der Waals surface area contributed by atoms with Gasteiger partial charge in [-0.2, -0.15) is 0 Å². The molecule has 2 aromatic heterocycles. The number of aromatic nitrogens is 2. The number of hydrogen-bond acceptors (Lipinski definition) is 3. The highest BCUT2D eigenvalue weighted by atomic mass is 16.1. The van der Waals surface area contributed by atoms with E-state index in [1.165, 1.54) is 35.8 Å². The minimum Gasteiger partial charge on any atom is -0.294 e. The first-order valence-corrected chi connectivity index (χ1v) is 10.0. The van der Waals surface area contributed by atoms with Crippen molar-refractivity contribution in [2.75, 3.05) is 6.54 Å². The summed E-state index contributed by atoms with van der Waals surface area (Å²) in [5, 5.41) is 1.17. The molecule has 1 fully saturated rings. The predicted molar refractivity (Wildman–Crippen MR) is 108 cm³/mol. The lowest BCUT2D eigenvalue weighted by Crippen LogP contribution is -2.38. The molecule has 138 valence electrons. The first-order chi connectivity index (χ1) is 13.3. The van der Waals surface area contributed by atoms with E-state index in [4.69, 9.17) is 0 Å². The van der Waals surface area contributed by atoms with Crippen molar-refractivity contribution in [3.63, 3.8) is 0 Å². The third kappa shape index (κ3) is 3.08. The van der Waals surface area contributed by atoms with E-state index in [1.807, 2.05) is 22.9 Å². The summed E-state index contributed by atoms with van der Waals surface area (Å²) >= 11 is 0. The number of fused-ring (bicyclic) bond motifs is 3. The van der Waals surface area contributed by atoms with Crippen molar-refractivity contribution < 1.29 is 0 Å². The van der Waals surface area contributed by atoms with Crippen molar-refractivity contribution in [3.8, 4) is 0 Å². The van der Waals surface area contributed by atoms with Gasteiger partial charge in [0.1, 0.15) is 5.65 Å². The maximum atomic E-state index is 13.4. The van der Waals surface area contributed by atoms with E-state index < -0.39 is 0 Å². The highest BCUT2D eigenvalue weighted by molar-refractivity contribution is 5.80. The predicted octanol–water partition coefficient (Wildman–Crippen LogP) is 3.75. The van der Waals surface area contributed by atoms with Crippen LogP contribution in [-0.2, 0) is 26.1 Å². The summed E-state index contributed by atoms with van der Waals surface area (Å²) in [7, 11) is 0. The van der Waals surface area contributed by atoms with E-state index in [9.17, 15) is 4.79 Å². The summed E-state index contributed by atoms with van der Waals surface area (Å²) < 4.78 is 1.96. The van der Waals surface area contributed by atoms with Crippen LogP contribution in [0.5, 0.6) is 0 Å². The molecule has 0 bridgehead atoms. The van der Waals surface area contributed by atoms with Gasteiger partial charge in [0.2, 0.25) is 0 Å². The van der Waals surface area contributed by atoms with Gasteiger partial charge in [0.25, 0.3) is 5.56 Å². The standard InChI is InChI=1S/C23H25N3O/c27-23-21-16-25(14-17-6-2-1-3-7-17)13-11-19(21)20-10-5-12-24-22(20)26(23)15-18-8-4-9-18/h1-3,5-7,10,12,18H,4,8-9,11,13-16H2. The summed E-state index contributed by atoms with van der Waals surface area (Å²) in [4.78, 5) is 20.4. The highest BCUT2D eigenvalue weighted by Gasteiger charge is 2.26. The van der Waals surface area contributed by atoms with Crippen LogP contribution in [0.3, 0.4) is 0 Å². The summed E-state index contributed by atoms with van der Waals surface area (Å²) in [6.07, 6.45) is 6.50. The molecule has 5 rings (SSSR count). The molecule has 0 unspecified atom stereocenters. The smallest absolute Gasteiger partial charge is 0.257 e. The Morgan fingerprint density at radius 2 is 1.89 bits per heavy atom. The molecule has 27 heavy (non-hydrogen) atoms. The third-order valence-corrected chi connectivity index (χ3v) is 6.21. The molecule has 0 atom stereocenters. The largest absolute Gasteiger partial charge is 0.294 e. The molecule has 0 radical (unpaired) electrons. The van der Waals surface area contributed by atoms with Gasteiger partial charge in [-0.25, -0.2) is 4.98 Å². The molecule has 0 N–H and O–H groups in total. The SMILES string of the molecule is O=c1c2c(c3cccnc3n1CC1CCC1)CCN(Cc1ccccc1)C2. The molecule has 3 aromatic rings. The average molecular weight is 359 g/mol. The van der Waals surface area contributed by atoms with Crippen molar-refractivity contribution in [3.05, 3.63) is 75.7 Å². The first-order valence-electron chi connectivity index (χ1n) is 10.0. The molecular formula is C23H25N3O. The zero-order chi connectivity index (χ0) is 18.2. The van der Waals surface area contributed by atoms with Crippen LogP contribution in [0.15, 0.2) is 53.5 Å². The lowest BCUT2D eigenvalue weighted by Gasteiger charge is -2.31. The van der Waals surface area contributed by atoms with Crippen LogP contribution in [0.1, 0.15) is 36.0 Å². The molecule has 2 aliphatic rings. The van der Waals surface area contributed by atoms with E-state index in [2.05, 4.69) is 40.2 Å². The first kappa shape index (κ1) is 16.7. The zero-order valence-electron chi connectivity index (χ0n) is 15.6. The Labute approximate surface area is 159 Å². The Morgan fingerprint density at radius 3 is 2.67 bits per heavy atom. The number of nitrogens with zero attached hydrogens (tertiary/aromatic N) is 3. The quantitative estimate of drug-likeness (QED) is 0.712. The van der Waals surface area contributed by atoms with Gasteiger partial charge in [-0.05, 0) is 48.4 Å². The Bertz CT molecular complexity index is 1020. The molecule has 1 aliphatic carbocycles. The van der Waals surface area contributed by atoms with Crippen LogP contribution in [0, 0.1) is 5.92 Å². The summed E-state index contributed by atoms with van der Waals surface area (Å²) in [5.41, 5.74) is 4.57. The Morgan fingerprint density at radius 1 is 1.04 bits per heavy atom. The van der Waals surface area contributed by atoms with Crippen LogP contribution in [-0.4, -0.2) is 21.0 Å². The van der Waals surface area contributed by atoms with Gasteiger partial charge in [0.15, 0.2) is 0 Å². The van der Waals surface area contributed by atoms with Crippen LogP contribution in [0.25, 0.3) is 11.0 Å². The van der Waals surface area contributed by atoms with Gasteiger partial charge in [-0.1, -0.05) is 36.8 Å².